The van der Waals surface area contributed by atoms with E-state index in [0.29, 0.717) is 12.2 Å². The van der Waals surface area contributed by atoms with Crippen molar-refractivity contribution in [2.45, 2.75) is 31.7 Å². The molecule has 0 radical (unpaired) electrons. The molecule has 8 heteroatoms. The zero-order chi connectivity index (χ0) is 19.2. The monoisotopic (exact) mass is 382 g/mol. The van der Waals surface area contributed by atoms with E-state index in [2.05, 4.69) is 5.32 Å². The molecule has 0 aliphatic heterocycles. The van der Waals surface area contributed by atoms with Crippen molar-refractivity contribution in [1.29, 1.82) is 0 Å². The Hall–Kier alpha value is -2.19. The van der Waals surface area contributed by atoms with Crippen LogP contribution in [0.2, 0.25) is 0 Å². The number of sulfonamides is 1. The maximum absolute atomic E-state index is 13.1. The predicted octanol–water partition coefficient (Wildman–Crippen LogP) is 2.77. The van der Waals surface area contributed by atoms with Crippen LogP contribution in [0, 0.1) is 11.7 Å². The highest BCUT2D eigenvalue weighted by molar-refractivity contribution is 7.89. The smallest absolute Gasteiger partial charge is 0.243 e. The number of hydrogen-bond donors (Lipinski definition) is 1. The fourth-order valence-corrected chi connectivity index (χ4v) is 3.67. The summed E-state index contributed by atoms with van der Waals surface area (Å²) in [5, 5.41) is 2.64. The van der Waals surface area contributed by atoms with Crippen molar-refractivity contribution < 1.29 is 22.0 Å². The minimum atomic E-state index is -3.90. The second kappa shape index (κ2) is 8.95. The molecule has 1 N–H and O–H groups in total. The lowest BCUT2D eigenvalue weighted by Gasteiger charge is -2.22. The summed E-state index contributed by atoms with van der Waals surface area (Å²) < 4.78 is 45.0. The van der Waals surface area contributed by atoms with E-state index in [0.717, 1.165) is 16.4 Å². The highest BCUT2D eigenvalue weighted by Crippen LogP contribution is 2.17. The maximum Gasteiger partial charge on any atom is 0.243 e. The molecule has 0 bridgehead atoms. The third kappa shape index (κ3) is 5.67. The van der Waals surface area contributed by atoms with Gasteiger partial charge in [-0.25, -0.2) is 12.8 Å². The van der Waals surface area contributed by atoms with Crippen molar-refractivity contribution in [2.24, 2.45) is 5.92 Å². The van der Waals surface area contributed by atoms with E-state index in [1.165, 1.54) is 18.4 Å². The largest absolute Gasteiger partial charge is 0.467 e. The summed E-state index contributed by atoms with van der Waals surface area (Å²) in [5.74, 6) is -0.106. The summed E-state index contributed by atoms with van der Waals surface area (Å²) in [6.45, 7) is 4.01. The number of rotatable bonds is 9. The van der Waals surface area contributed by atoms with Crippen molar-refractivity contribution in [3.63, 3.8) is 0 Å². The first-order valence-electron chi connectivity index (χ1n) is 8.34. The molecule has 1 aromatic carbocycles. The highest BCUT2D eigenvalue weighted by atomic mass is 32.2. The molecule has 1 heterocycles. The van der Waals surface area contributed by atoms with Gasteiger partial charge in [0.15, 0.2) is 0 Å². The summed E-state index contributed by atoms with van der Waals surface area (Å²) in [7, 11) is -3.90. The van der Waals surface area contributed by atoms with Crippen LogP contribution in [0.1, 0.15) is 26.0 Å². The molecule has 0 spiro atoms. The number of nitrogens with one attached hydrogen (secondary N) is 1. The number of carbonyl (C=O) groups excluding carboxylic acids is 1. The first-order valence-corrected chi connectivity index (χ1v) is 9.78. The lowest BCUT2D eigenvalue weighted by Crippen LogP contribution is -2.41. The van der Waals surface area contributed by atoms with Crippen LogP contribution in [-0.2, 0) is 21.4 Å². The van der Waals surface area contributed by atoms with Crippen molar-refractivity contribution in [1.82, 2.24) is 9.62 Å². The highest BCUT2D eigenvalue weighted by Gasteiger charge is 2.26. The topological polar surface area (TPSA) is 79.6 Å². The zero-order valence-corrected chi connectivity index (χ0v) is 15.6. The van der Waals surface area contributed by atoms with Crippen LogP contribution in [0.25, 0.3) is 0 Å². The van der Waals surface area contributed by atoms with Gasteiger partial charge < -0.3 is 9.73 Å². The van der Waals surface area contributed by atoms with E-state index < -0.39 is 21.7 Å². The van der Waals surface area contributed by atoms with Gasteiger partial charge in [-0.3, -0.25) is 4.79 Å². The molecular weight excluding hydrogens is 359 g/mol. The van der Waals surface area contributed by atoms with Gasteiger partial charge in [0.2, 0.25) is 15.9 Å². The Morgan fingerprint density at radius 3 is 2.50 bits per heavy atom. The molecule has 0 saturated heterocycles. The van der Waals surface area contributed by atoms with Crippen LogP contribution in [0.4, 0.5) is 4.39 Å². The maximum atomic E-state index is 13.1. The summed E-state index contributed by atoms with van der Waals surface area (Å²) in [5.41, 5.74) is 0. The van der Waals surface area contributed by atoms with Crippen LogP contribution in [0.15, 0.2) is 52.0 Å². The van der Waals surface area contributed by atoms with Gasteiger partial charge in [-0.1, -0.05) is 13.8 Å². The average Bonchev–Trinajstić information content (AvgIpc) is 3.10. The van der Waals surface area contributed by atoms with E-state index in [9.17, 15) is 17.6 Å². The number of carbonyl (C=O) groups is 1. The second-order valence-corrected chi connectivity index (χ2v) is 8.27. The van der Waals surface area contributed by atoms with E-state index >= 15 is 0 Å². The Morgan fingerprint density at radius 1 is 1.23 bits per heavy atom. The lowest BCUT2D eigenvalue weighted by molar-refractivity contribution is -0.121. The summed E-state index contributed by atoms with van der Waals surface area (Å²) >= 11 is 0. The molecule has 0 unspecified atom stereocenters. The molecule has 2 rings (SSSR count). The number of benzene rings is 1. The minimum absolute atomic E-state index is 0.0403. The first-order chi connectivity index (χ1) is 12.3. The van der Waals surface area contributed by atoms with E-state index in [1.54, 1.807) is 12.1 Å². The van der Waals surface area contributed by atoms with Crippen LogP contribution >= 0.6 is 0 Å². The van der Waals surface area contributed by atoms with Gasteiger partial charge in [-0.05, 0) is 48.7 Å². The Balaban J connectivity index is 2.11. The molecule has 0 atom stereocenters. The fourth-order valence-electron chi connectivity index (χ4n) is 2.26. The van der Waals surface area contributed by atoms with Crippen LogP contribution in [0.3, 0.4) is 0 Å². The number of amides is 1. The molecule has 142 valence electrons. The van der Waals surface area contributed by atoms with Crippen molar-refractivity contribution >= 4 is 15.9 Å². The van der Waals surface area contributed by atoms with Crippen molar-refractivity contribution in [2.75, 3.05) is 13.1 Å². The van der Waals surface area contributed by atoms with Crippen molar-refractivity contribution in [3.05, 3.63) is 54.2 Å². The van der Waals surface area contributed by atoms with Crippen LogP contribution in [0.5, 0.6) is 0 Å². The van der Waals surface area contributed by atoms with Gasteiger partial charge in [0, 0.05) is 6.54 Å². The normalized spacial score (nSPS) is 11.9. The molecular formula is C18H23FN2O4S. The van der Waals surface area contributed by atoms with Gasteiger partial charge in [0.1, 0.15) is 11.6 Å². The van der Waals surface area contributed by atoms with Crippen LogP contribution in [-0.4, -0.2) is 31.7 Å². The summed E-state index contributed by atoms with van der Waals surface area (Å²) in [6.07, 6.45) is 2.10. The molecule has 0 saturated carbocycles. The Bertz CT molecular complexity index is 802. The molecule has 26 heavy (non-hydrogen) atoms. The average molecular weight is 382 g/mol. The number of furan rings is 1. The molecule has 6 nitrogen and oxygen atoms in total. The second-order valence-electron chi connectivity index (χ2n) is 6.33. The number of nitrogens with zero attached hydrogens (tertiary/aromatic N) is 1. The molecule has 0 fully saturated rings. The SMILES string of the molecule is CC(C)CCN(CC(=O)NCc1ccco1)S(=O)(=O)c1ccc(F)cc1. The van der Waals surface area contributed by atoms with Crippen molar-refractivity contribution in [3.8, 4) is 0 Å². The predicted molar refractivity (Wildman–Crippen MR) is 95.2 cm³/mol. The Labute approximate surface area is 153 Å². The van der Waals surface area contributed by atoms with Gasteiger partial charge >= 0.3 is 0 Å². The van der Waals surface area contributed by atoms with Gasteiger partial charge in [-0.15, -0.1) is 0 Å². The quantitative estimate of drug-likeness (QED) is 0.723. The molecule has 1 amide bonds. The fraction of sp³-hybridized carbons (Fsp3) is 0.389. The summed E-state index contributed by atoms with van der Waals surface area (Å²) in [6, 6.07) is 8.00. The van der Waals surface area contributed by atoms with Gasteiger partial charge in [-0.2, -0.15) is 4.31 Å². The molecule has 2 aromatic rings. The zero-order valence-electron chi connectivity index (χ0n) is 14.8. The third-order valence-electron chi connectivity index (χ3n) is 3.77. The van der Waals surface area contributed by atoms with Crippen LogP contribution < -0.4 is 5.32 Å². The summed E-state index contributed by atoms with van der Waals surface area (Å²) in [4.78, 5) is 12.2. The standard InChI is InChI=1S/C18H23FN2O4S/c1-14(2)9-10-21(13-18(22)20-12-16-4-3-11-25-16)26(23,24)17-7-5-15(19)6-8-17/h3-8,11,14H,9-10,12-13H2,1-2H3,(H,20,22). The lowest BCUT2D eigenvalue weighted by atomic mass is 10.1. The molecule has 0 aliphatic carbocycles. The number of hydrogen-bond acceptors (Lipinski definition) is 4. The number of halogens is 1. The Morgan fingerprint density at radius 2 is 1.92 bits per heavy atom. The van der Waals surface area contributed by atoms with E-state index in [-0.39, 0.29) is 30.4 Å². The van der Waals surface area contributed by atoms with E-state index in [4.69, 9.17) is 4.42 Å². The van der Waals surface area contributed by atoms with Gasteiger partial charge in [0.05, 0.1) is 24.2 Å². The minimum Gasteiger partial charge on any atom is -0.467 e. The molecule has 1 aromatic heterocycles. The Kier molecular flexibility index (Phi) is 6.93. The first kappa shape index (κ1) is 20.1. The van der Waals surface area contributed by atoms with E-state index in [1.807, 2.05) is 13.8 Å². The third-order valence-corrected chi connectivity index (χ3v) is 5.63. The van der Waals surface area contributed by atoms with Gasteiger partial charge in [0.25, 0.3) is 0 Å². The molecule has 0 aliphatic rings.